The minimum Gasteiger partial charge on any atom is -0.381 e. The number of rotatable bonds is 2. The molecule has 1 saturated heterocycles. The highest BCUT2D eigenvalue weighted by Gasteiger charge is 2.22. The smallest absolute Gasteiger partial charge is 0.118 e. The summed E-state index contributed by atoms with van der Waals surface area (Å²) in [4.78, 5) is 4.50. The average Bonchev–Trinajstić information content (AvgIpc) is 3.18. The highest BCUT2D eigenvalue weighted by Crippen LogP contribution is 2.26. The summed E-state index contributed by atoms with van der Waals surface area (Å²) < 4.78 is 7.60. The van der Waals surface area contributed by atoms with Gasteiger partial charge in [0.1, 0.15) is 5.82 Å². The molecule has 1 aromatic carbocycles. The van der Waals surface area contributed by atoms with Crippen molar-refractivity contribution >= 4 is 10.9 Å². The molecule has 0 aliphatic carbocycles. The number of aromatic amines is 1. The molecule has 5 heteroatoms. The van der Waals surface area contributed by atoms with Crippen LogP contribution in [0.25, 0.3) is 16.6 Å². The minimum atomic E-state index is 0.396. The standard InChI is InChI=1S/C14H14N4O/c1-2-12(7-13-10(1)8-16-17-13)18-5-4-15-14(18)11-3-6-19-9-11/h1-2,4-5,7-8,11H,3,6,9H2,(H,16,17). The molecule has 1 aliphatic rings. The molecule has 96 valence electrons. The molecular formula is C14H14N4O. The van der Waals surface area contributed by atoms with Gasteiger partial charge >= 0.3 is 0 Å². The fraction of sp³-hybridized carbons (Fsp3) is 0.286. The SMILES string of the molecule is c1cn(-c2ccc3cn[nH]c3c2)c(C2CCOC2)n1. The van der Waals surface area contributed by atoms with Crippen LogP contribution in [-0.2, 0) is 4.74 Å². The number of aromatic nitrogens is 4. The van der Waals surface area contributed by atoms with E-state index in [0.29, 0.717) is 5.92 Å². The molecule has 1 fully saturated rings. The maximum atomic E-state index is 5.46. The molecule has 1 atom stereocenters. The molecule has 0 radical (unpaired) electrons. The first-order valence-corrected chi connectivity index (χ1v) is 6.46. The second-order valence-electron chi connectivity index (χ2n) is 4.86. The average molecular weight is 254 g/mol. The van der Waals surface area contributed by atoms with Crippen LogP contribution in [0.4, 0.5) is 0 Å². The molecule has 0 spiro atoms. The molecule has 3 aromatic rings. The van der Waals surface area contributed by atoms with Crippen molar-refractivity contribution in [1.82, 2.24) is 19.7 Å². The monoisotopic (exact) mass is 254 g/mol. The molecule has 1 aliphatic heterocycles. The van der Waals surface area contributed by atoms with Gasteiger partial charge in [-0.1, -0.05) is 0 Å². The van der Waals surface area contributed by atoms with E-state index in [4.69, 9.17) is 4.74 Å². The lowest BCUT2D eigenvalue weighted by Crippen LogP contribution is -2.07. The summed E-state index contributed by atoms with van der Waals surface area (Å²) >= 11 is 0. The van der Waals surface area contributed by atoms with Crippen molar-refractivity contribution in [2.24, 2.45) is 0 Å². The van der Waals surface area contributed by atoms with Crippen molar-refractivity contribution in [2.75, 3.05) is 13.2 Å². The van der Waals surface area contributed by atoms with Crippen LogP contribution in [0.15, 0.2) is 36.8 Å². The zero-order valence-electron chi connectivity index (χ0n) is 10.4. The summed E-state index contributed by atoms with van der Waals surface area (Å²) in [5, 5.41) is 8.18. The summed E-state index contributed by atoms with van der Waals surface area (Å²) in [6.07, 6.45) is 6.73. The van der Waals surface area contributed by atoms with Gasteiger partial charge in [-0.25, -0.2) is 4.98 Å². The third-order valence-corrected chi connectivity index (χ3v) is 3.67. The molecular weight excluding hydrogens is 240 g/mol. The van der Waals surface area contributed by atoms with E-state index < -0.39 is 0 Å². The molecule has 1 N–H and O–H groups in total. The number of nitrogens with zero attached hydrogens (tertiary/aromatic N) is 3. The second-order valence-corrected chi connectivity index (χ2v) is 4.86. The first-order valence-electron chi connectivity index (χ1n) is 6.46. The molecule has 2 aromatic heterocycles. The van der Waals surface area contributed by atoms with Crippen LogP contribution in [0, 0.1) is 0 Å². The van der Waals surface area contributed by atoms with E-state index in [1.807, 2.05) is 18.6 Å². The van der Waals surface area contributed by atoms with Crippen LogP contribution in [0.5, 0.6) is 0 Å². The number of ether oxygens (including phenoxy) is 1. The third-order valence-electron chi connectivity index (χ3n) is 3.67. The van der Waals surface area contributed by atoms with Crippen molar-refractivity contribution in [3.05, 3.63) is 42.6 Å². The Kier molecular flexibility index (Phi) is 2.38. The number of H-pyrrole nitrogens is 1. The summed E-state index contributed by atoms with van der Waals surface area (Å²) in [6, 6.07) is 6.27. The van der Waals surface area contributed by atoms with Crippen LogP contribution >= 0.6 is 0 Å². The van der Waals surface area contributed by atoms with Crippen LogP contribution in [0.3, 0.4) is 0 Å². The summed E-state index contributed by atoms with van der Waals surface area (Å²) in [5.74, 6) is 1.48. The number of imidazole rings is 1. The quantitative estimate of drug-likeness (QED) is 0.763. The fourth-order valence-electron chi connectivity index (χ4n) is 2.65. The Morgan fingerprint density at radius 3 is 3.26 bits per heavy atom. The molecule has 4 rings (SSSR count). The van der Waals surface area contributed by atoms with Crippen molar-refractivity contribution < 1.29 is 4.74 Å². The van der Waals surface area contributed by atoms with E-state index in [1.54, 1.807) is 0 Å². The molecule has 0 saturated carbocycles. The first-order chi connectivity index (χ1) is 9.42. The Hall–Kier alpha value is -2.14. The first kappa shape index (κ1) is 10.8. The normalized spacial score (nSPS) is 19.3. The number of hydrogen-bond donors (Lipinski definition) is 1. The molecule has 0 bridgehead atoms. The molecule has 5 nitrogen and oxygen atoms in total. The topological polar surface area (TPSA) is 55.7 Å². The zero-order chi connectivity index (χ0) is 12.7. The van der Waals surface area contributed by atoms with Crippen LogP contribution in [0.2, 0.25) is 0 Å². The minimum absolute atomic E-state index is 0.396. The van der Waals surface area contributed by atoms with E-state index >= 15 is 0 Å². The second kappa shape index (κ2) is 4.20. The Morgan fingerprint density at radius 2 is 2.37 bits per heavy atom. The van der Waals surface area contributed by atoms with E-state index in [0.717, 1.165) is 42.0 Å². The Labute approximate surface area is 110 Å². The van der Waals surface area contributed by atoms with Gasteiger partial charge < -0.3 is 9.30 Å². The molecule has 0 amide bonds. The van der Waals surface area contributed by atoms with Gasteiger partial charge in [-0.05, 0) is 24.6 Å². The number of benzene rings is 1. The predicted octanol–water partition coefficient (Wildman–Crippen LogP) is 2.25. The van der Waals surface area contributed by atoms with Gasteiger partial charge in [0.25, 0.3) is 0 Å². The number of nitrogens with one attached hydrogen (secondary N) is 1. The summed E-state index contributed by atoms with van der Waals surface area (Å²) in [7, 11) is 0. The maximum absolute atomic E-state index is 5.46. The summed E-state index contributed by atoms with van der Waals surface area (Å²) in [6.45, 7) is 1.60. The van der Waals surface area contributed by atoms with Gasteiger partial charge in [0, 0.05) is 36.0 Å². The van der Waals surface area contributed by atoms with Gasteiger partial charge in [0.15, 0.2) is 0 Å². The Bertz CT molecular complexity index is 709. The fourth-order valence-corrected chi connectivity index (χ4v) is 2.65. The van der Waals surface area contributed by atoms with Crippen LogP contribution in [0.1, 0.15) is 18.2 Å². The van der Waals surface area contributed by atoms with E-state index in [-0.39, 0.29) is 0 Å². The van der Waals surface area contributed by atoms with E-state index in [2.05, 4.69) is 37.9 Å². The van der Waals surface area contributed by atoms with E-state index in [9.17, 15) is 0 Å². The largest absolute Gasteiger partial charge is 0.381 e. The molecule has 1 unspecified atom stereocenters. The number of fused-ring (bicyclic) bond motifs is 1. The lowest BCUT2D eigenvalue weighted by atomic mass is 10.1. The van der Waals surface area contributed by atoms with Crippen LogP contribution in [-0.4, -0.2) is 33.0 Å². The lowest BCUT2D eigenvalue weighted by molar-refractivity contribution is 0.193. The van der Waals surface area contributed by atoms with Crippen molar-refractivity contribution in [1.29, 1.82) is 0 Å². The third kappa shape index (κ3) is 1.74. The van der Waals surface area contributed by atoms with Gasteiger partial charge in [-0.15, -0.1) is 0 Å². The zero-order valence-corrected chi connectivity index (χ0v) is 10.4. The van der Waals surface area contributed by atoms with Crippen molar-refractivity contribution in [3.63, 3.8) is 0 Å². The Balaban J connectivity index is 1.80. The summed E-state index contributed by atoms with van der Waals surface area (Å²) in [5.41, 5.74) is 2.15. The van der Waals surface area contributed by atoms with Gasteiger partial charge in [-0.3, -0.25) is 5.10 Å². The van der Waals surface area contributed by atoms with Gasteiger partial charge in [0.2, 0.25) is 0 Å². The molecule has 3 heterocycles. The highest BCUT2D eigenvalue weighted by molar-refractivity contribution is 5.80. The lowest BCUT2D eigenvalue weighted by Gasteiger charge is -2.11. The van der Waals surface area contributed by atoms with E-state index in [1.165, 1.54) is 0 Å². The predicted molar refractivity (Wildman–Crippen MR) is 71.4 cm³/mol. The number of hydrogen-bond acceptors (Lipinski definition) is 3. The highest BCUT2D eigenvalue weighted by atomic mass is 16.5. The van der Waals surface area contributed by atoms with Crippen LogP contribution < -0.4 is 0 Å². The van der Waals surface area contributed by atoms with Gasteiger partial charge in [-0.2, -0.15) is 5.10 Å². The Morgan fingerprint density at radius 1 is 1.37 bits per heavy atom. The van der Waals surface area contributed by atoms with Crippen molar-refractivity contribution in [2.45, 2.75) is 12.3 Å². The molecule has 19 heavy (non-hydrogen) atoms. The van der Waals surface area contributed by atoms with Gasteiger partial charge in [0.05, 0.1) is 18.3 Å². The van der Waals surface area contributed by atoms with Crippen molar-refractivity contribution in [3.8, 4) is 5.69 Å². The maximum Gasteiger partial charge on any atom is 0.118 e.